The lowest BCUT2D eigenvalue weighted by molar-refractivity contribution is -0.0458. The van der Waals surface area contributed by atoms with Crippen molar-refractivity contribution in [3.05, 3.63) is 0 Å². The van der Waals surface area contributed by atoms with Gasteiger partial charge in [-0.05, 0) is 13.8 Å². The molecule has 0 spiro atoms. The molecule has 0 aromatic heterocycles. The average Bonchev–Trinajstić information content (AvgIpc) is 2.92. The van der Waals surface area contributed by atoms with E-state index in [1.807, 2.05) is 13.8 Å². The zero-order chi connectivity index (χ0) is 17.3. The number of thioether (sulfide) groups is 1. The molecule has 138 valence electrons. The summed E-state index contributed by atoms with van der Waals surface area (Å²) in [5.41, 5.74) is 0. The van der Waals surface area contributed by atoms with Gasteiger partial charge in [-0.2, -0.15) is 17.0 Å². The zero-order valence-corrected chi connectivity index (χ0v) is 16.7. The molecular formula is C14H26N4O3S3. The molecule has 2 unspecified atom stereocenters. The predicted molar refractivity (Wildman–Crippen MR) is 100 cm³/mol. The summed E-state index contributed by atoms with van der Waals surface area (Å²) in [6, 6.07) is 0. The normalized spacial score (nSPS) is 31.8. The molecule has 3 heterocycles. The Morgan fingerprint density at radius 2 is 1.71 bits per heavy atom. The lowest BCUT2D eigenvalue weighted by Crippen LogP contribution is -2.57. The van der Waals surface area contributed by atoms with Crippen LogP contribution >= 0.6 is 24.0 Å². The molecule has 0 radical (unpaired) electrons. The van der Waals surface area contributed by atoms with Gasteiger partial charge in [0.25, 0.3) is 10.2 Å². The van der Waals surface area contributed by atoms with Crippen molar-refractivity contribution in [1.82, 2.24) is 18.4 Å². The number of rotatable bonds is 4. The molecule has 3 fully saturated rings. The first-order valence-electron chi connectivity index (χ1n) is 8.41. The molecule has 7 nitrogen and oxygen atoms in total. The highest BCUT2D eigenvalue weighted by molar-refractivity contribution is 8.23. The van der Waals surface area contributed by atoms with Gasteiger partial charge < -0.3 is 9.64 Å². The molecule has 2 atom stereocenters. The Balaban J connectivity index is 1.54. The van der Waals surface area contributed by atoms with E-state index in [0.29, 0.717) is 26.2 Å². The molecule has 3 saturated heterocycles. The van der Waals surface area contributed by atoms with Gasteiger partial charge in [0.15, 0.2) is 0 Å². The maximum absolute atomic E-state index is 12.9. The minimum atomic E-state index is -3.40. The summed E-state index contributed by atoms with van der Waals surface area (Å²) in [4.78, 5) is 4.49. The van der Waals surface area contributed by atoms with Gasteiger partial charge in [0.2, 0.25) is 0 Å². The van der Waals surface area contributed by atoms with E-state index in [1.165, 1.54) is 0 Å². The van der Waals surface area contributed by atoms with Crippen LogP contribution in [-0.4, -0.2) is 102 Å². The van der Waals surface area contributed by atoms with E-state index >= 15 is 0 Å². The highest BCUT2D eigenvalue weighted by atomic mass is 32.2. The fraction of sp³-hybridized carbons (Fsp3) is 0.929. The topological polar surface area (TPSA) is 56.3 Å². The minimum absolute atomic E-state index is 0.0570. The van der Waals surface area contributed by atoms with Crippen LogP contribution in [0.15, 0.2) is 0 Å². The quantitative estimate of drug-likeness (QED) is 0.634. The molecule has 3 aliphatic rings. The van der Waals surface area contributed by atoms with E-state index in [4.69, 9.17) is 17.0 Å². The average molecular weight is 395 g/mol. The molecule has 0 aliphatic carbocycles. The standard InChI is InChI=1S/C14H26N4O3S3/c1-12-9-18(10-13(2)21-12)24(19,20)17-5-3-15(4-6-17)11-16-7-8-23-14(16)22/h12-13H,3-11H2,1-2H3. The summed E-state index contributed by atoms with van der Waals surface area (Å²) in [6.45, 7) is 9.10. The maximum Gasteiger partial charge on any atom is 0.282 e. The Labute approximate surface area is 154 Å². The van der Waals surface area contributed by atoms with Crippen LogP contribution in [0.4, 0.5) is 0 Å². The SMILES string of the molecule is CC1CN(S(=O)(=O)N2CCN(CN3CCSC3=S)CC2)CC(C)O1. The maximum atomic E-state index is 12.9. The molecule has 0 saturated carbocycles. The van der Waals surface area contributed by atoms with Gasteiger partial charge in [0, 0.05) is 51.6 Å². The molecule has 0 aromatic rings. The Morgan fingerprint density at radius 3 is 2.25 bits per heavy atom. The smallest absolute Gasteiger partial charge is 0.282 e. The lowest BCUT2D eigenvalue weighted by atomic mass is 10.3. The Kier molecular flexibility index (Phi) is 6.06. The Morgan fingerprint density at radius 1 is 1.08 bits per heavy atom. The molecule has 10 heteroatoms. The Hall–Kier alpha value is 0.0300. The first-order chi connectivity index (χ1) is 11.4. The third-order valence-corrected chi connectivity index (χ3v) is 8.06. The Bertz CT molecular complexity index is 556. The third kappa shape index (κ3) is 4.22. The molecule has 3 rings (SSSR count). The number of thiocarbonyl (C=S) groups is 1. The van der Waals surface area contributed by atoms with Crippen molar-refractivity contribution in [1.29, 1.82) is 0 Å². The number of hydrogen-bond donors (Lipinski definition) is 0. The summed E-state index contributed by atoms with van der Waals surface area (Å²) in [7, 11) is -3.40. The van der Waals surface area contributed by atoms with Crippen LogP contribution in [0.2, 0.25) is 0 Å². The summed E-state index contributed by atoms with van der Waals surface area (Å²) < 4.78 is 35.6. The van der Waals surface area contributed by atoms with Crippen molar-refractivity contribution < 1.29 is 13.2 Å². The van der Waals surface area contributed by atoms with Crippen molar-refractivity contribution in [2.24, 2.45) is 0 Å². The summed E-state index contributed by atoms with van der Waals surface area (Å²) in [5.74, 6) is 1.06. The largest absolute Gasteiger partial charge is 0.373 e. The summed E-state index contributed by atoms with van der Waals surface area (Å²) in [6.07, 6.45) is -0.114. The van der Waals surface area contributed by atoms with Gasteiger partial charge in [-0.15, -0.1) is 0 Å². The minimum Gasteiger partial charge on any atom is -0.373 e. The second kappa shape index (κ2) is 7.73. The highest BCUT2D eigenvalue weighted by Crippen LogP contribution is 2.21. The molecule has 0 bridgehead atoms. The fourth-order valence-corrected chi connectivity index (χ4v) is 6.34. The summed E-state index contributed by atoms with van der Waals surface area (Å²) >= 11 is 7.06. The van der Waals surface area contributed by atoms with Crippen LogP contribution in [0, 0.1) is 0 Å². The van der Waals surface area contributed by atoms with Gasteiger partial charge in [-0.3, -0.25) is 4.90 Å². The van der Waals surface area contributed by atoms with Gasteiger partial charge >= 0.3 is 0 Å². The van der Waals surface area contributed by atoms with Crippen molar-refractivity contribution in [3.8, 4) is 0 Å². The molecule has 0 aromatic carbocycles. The van der Waals surface area contributed by atoms with Crippen LogP contribution in [0.3, 0.4) is 0 Å². The number of nitrogens with zero attached hydrogens (tertiary/aromatic N) is 4. The number of morpholine rings is 1. The van der Waals surface area contributed by atoms with Gasteiger partial charge in [-0.1, -0.05) is 24.0 Å². The second-order valence-electron chi connectivity index (χ2n) is 6.62. The van der Waals surface area contributed by atoms with E-state index in [2.05, 4.69) is 9.80 Å². The van der Waals surface area contributed by atoms with Crippen LogP contribution in [0.5, 0.6) is 0 Å². The van der Waals surface area contributed by atoms with Crippen molar-refractivity contribution >= 4 is 38.5 Å². The van der Waals surface area contributed by atoms with Crippen LogP contribution in [0.25, 0.3) is 0 Å². The molecule has 24 heavy (non-hydrogen) atoms. The van der Waals surface area contributed by atoms with Crippen molar-refractivity contribution in [3.63, 3.8) is 0 Å². The van der Waals surface area contributed by atoms with E-state index in [0.717, 1.165) is 36.4 Å². The number of ether oxygens (including phenoxy) is 1. The van der Waals surface area contributed by atoms with E-state index in [-0.39, 0.29) is 12.2 Å². The fourth-order valence-electron chi connectivity index (χ4n) is 3.38. The molecular weight excluding hydrogens is 368 g/mol. The zero-order valence-electron chi connectivity index (χ0n) is 14.3. The van der Waals surface area contributed by atoms with Gasteiger partial charge in [-0.25, -0.2) is 0 Å². The lowest BCUT2D eigenvalue weighted by Gasteiger charge is -2.40. The monoisotopic (exact) mass is 394 g/mol. The van der Waals surface area contributed by atoms with Crippen LogP contribution in [-0.2, 0) is 14.9 Å². The first-order valence-corrected chi connectivity index (χ1v) is 11.2. The first kappa shape index (κ1) is 18.8. The van der Waals surface area contributed by atoms with Crippen molar-refractivity contribution in [2.45, 2.75) is 26.1 Å². The third-order valence-electron chi connectivity index (χ3n) is 4.59. The van der Waals surface area contributed by atoms with Gasteiger partial charge in [0.05, 0.1) is 18.9 Å². The van der Waals surface area contributed by atoms with Crippen LogP contribution in [0.1, 0.15) is 13.8 Å². The van der Waals surface area contributed by atoms with E-state index < -0.39 is 10.2 Å². The van der Waals surface area contributed by atoms with Crippen LogP contribution < -0.4 is 0 Å². The predicted octanol–water partition coefficient (Wildman–Crippen LogP) is 0.249. The molecule has 0 amide bonds. The van der Waals surface area contributed by atoms with E-state index in [1.54, 1.807) is 20.4 Å². The second-order valence-corrected chi connectivity index (χ2v) is 10.3. The summed E-state index contributed by atoms with van der Waals surface area (Å²) in [5, 5.41) is 0. The highest BCUT2D eigenvalue weighted by Gasteiger charge is 2.37. The van der Waals surface area contributed by atoms with Crippen molar-refractivity contribution in [2.75, 3.05) is 58.2 Å². The number of hydrogen-bond acceptors (Lipinski definition) is 6. The van der Waals surface area contributed by atoms with Gasteiger partial charge in [0.1, 0.15) is 4.32 Å². The number of piperazine rings is 1. The molecule has 3 aliphatic heterocycles. The van der Waals surface area contributed by atoms with E-state index in [9.17, 15) is 8.42 Å². The molecule has 0 N–H and O–H groups in total.